The zero-order valence-corrected chi connectivity index (χ0v) is 25.1. The van der Waals surface area contributed by atoms with Crippen LogP contribution in [0.15, 0.2) is 91.1 Å². The van der Waals surface area contributed by atoms with E-state index >= 15 is 4.39 Å². The maximum Gasteiger partial charge on any atom is 0.233 e. The lowest BCUT2D eigenvalue weighted by Gasteiger charge is -2.32. The van der Waals surface area contributed by atoms with Crippen molar-refractivity contribution in [3.8, 4) is 21.9 Å². The third kappa shape index (κ3) is 7.28. The number of carbonyl (C=O) groups excluding carboxylic acids is 2. The molecule has 1 aliphatic heterocycles. The summed E-state index contributed by atoms with van der Waals surface area (Å²) < 4.78 is 21.9. The van der Waals surface area contributed by atoms with Gasteiger partial charge >= 0.3 is 0 Å². The van der Waals surface area contributed by atoms with E-state index in [1.807, 2.05) is 12.1 Å². The van der Waals surface area contributed by atoms with E-state index in [9.17, 15) is 9.59 Å². The van der Waals surface area contributed by atoms with Crippen LogP contribution in [0.3, 0.4) is 0 Å². The van der Waals surface area contributed by atoms with Crippen molar-refractivity contribution in [2.24, 2.45) is 0 Å². The third-order valence-corrected chi connectivity index (χ3v) is 8.62. The van der Waals surface area contributed by atoms with Crippen LogP contribution in [0.4, 0.5) is 15.8 Å². The number of nitrogens with zero attached hydrogens (tertiary/aromatic N) is 3. The summed E-state index contributed by atoms with van der Waals surface area (Å²) in [4.78, 5) is 34.9. The van der Waals surface area contributed by atoms with Gasteiger partial charge < -0.3 is 20.3 Å². The molecular weight excluding hydrogens is 577 g/mol. The number of piperazine rings is 1. The molecule has 0 aliphatic carbocycles. The highest BCUT2D eigenvalue weighted by molar-refractivity contribution is 7.22. The molecule has 0 atom stereocenters. The molecule has 2 N–H and O–H groups in total. The van der Waals surface area contributed by atoms with Gasteiger partial charge in [-0.05, 0) is 48.5 Å². The summed E-state index contributed by atoms with van der Waals surface area (Å²) >= 11 is 1.54. The Morgan fingerprint density at radius 2 is 1.59 bits per heavy atom. The zero-order chi connectivity index (χ0) is 30.5. The first-order chi connectivity index (χ1) is 21.4. The summed E-state index contributed by atoms with van der Waals surface area (Å²) in [6.07, 6.45) is 1.24. The van der Waals surface area contributed by atoms with Gasteiger partial charge in [-0.15, -0.1) is 11.3 Å². The summed E-state index contributed by atoms with van der Waals surface area (Å²) in [5, 5.41) is 5.21. The summed E-state index contributed by atoms with van der Waals surface area (Å²) in [6, 6.07) is 25.4. The average molecular weight is 610 g/mol. The lowest BCUT2D eigenvalue weighted by atomic mass is 10.1. The highest BCUT2D eigenvalue weighted by atomic mass is 32.1. The minimum absolute atomic E-state index is 0.0144. The highest BCUT2D eigenvalue weighted by Crippen LogP contribution is 2.40. The van der Waals surface area contributed by atoms with Gasteiger partial charge in [0.15, 0.2) is 11.6 Å². The van der Waals surface area contributed by atoms with Crippen molar-refractivity contribution in [1.29, 1.82) is 0 Å². The monoisotopic (exact) mass is 609 g/mol. The van der Waals surface area contributed by atoms with E-state index in [0.717, 1.165) is 53.4 Å². The molecule has 0 saturated carbocycles. The van der Waals surface area contributed by atoms with Crippen LogP contribution in [0.2, 0.25) is 0 Å². The van der Waals surface area contributed by atoms with Crippen LogP contribution >= 0.6 is 11.3 Å². The Balaban J connectivity index is 1.09. The minimum Gasteiger partial charge on any atom is -0.453 e. The number of thiophene rings is 1. The lowest BCUT2D eigenvalue weighted by molar-refractivity contribution is -0.123. The number of hydrogen-bond acceptors (Lipinski definition) is 7. The zero-order valence-electron chi connectivity index (χ0n) is 24.3. The number of likely N-dealkylation sites (N-methyl/N-ethyl adjacent to an activating group) is 1. The van der Waals surface area contributed by atoms with E-state index < -0.39 is 24.1 Å². The second-order valence-corrected chi connectivity index (χ2v) is 11.8. The molecule has 8 nitrogen and oxygen atoms in total. The fourth-order valence-electron chi connectivity index (χ4n) is 5.03. The van der Waals surface area contributed by atoms with Gasteiger partial charge in [-0.1, -0.05) is 42.5 Å². The predicted molar refractivity (Wildman–Crippen MR) is 173 cm³/mol. The molecule has 5 aromatic rings. The van der Waals surface area contributed by atoms with Crippen LogP contribution in [-0.4, -0.2) is 59.8 Å². The fraction of sp³-hybridized carbons (Fsp3) is 0.206. The number of ether oxygens (including phenoxy) is 1. The van der Waals surface area contributed by atoms with Gasteiger partial charge in [0.2, 0.25) is 11.8 Å². The Labute approximate surface area is 259 Å². The Hall–Kier alpha value is -4.64. The first-order valence-corrected chi connectivity index (χ1v) is 15.2. The van der Waals surface area contributed by atoms with E-state index in [0.29, 0.717) is 11.4 Å². The molecule has 1 fully saturated rings. The molecule has 2 amide bonds. The second-order valence-electron chi connectivity index (χ2n) is 10.8. The van der Waals surface area contributed by atoms with Gasteiger partial charge in [0.05, 0.1) is 10.2 Å². The average Bonchev–Trinajstić information content (AvgIpc) is 3.46. The van der Waals surface area contributed by atoms with E-state index in [1.54, 1.807) is 47.9 Å². The van der Waals surface area contributed by atoms with Gasteiger partial charge in [-0.2, -0.15) is 0 Å². The lowest BCUT2D eigenvalue weighted by Crippen LogP contribution is -2.43. The van der Waals surface area contributed by atoms with Crippen molar-refractivity contribution in [2.75, 3.05) is 43.9 Å². The van der Waals surface area contributed by atoms with Crippen LogP contribution in [0.5, 0.6) is 11.5 Å². The van der Waals surface area contributed by atoms with Crippen LogP contribution in [-0.2, 0) is 16.1 Å². The first-order valence-electron chi connectivity index (χ1n) is 14.4. The largest absolute Gasteiger partial charge is 0.453 e. The van der Waals surface area contributed by atoms with E-state index in [1.165, 1.54) is 23.8 Å². The second kappa shape index (κ2) is 13.3. The number of hydrogen-bond donors (Lipinski definition) is 2. The number of amides is 2. The minimum atomic E-state index is -0.644. The van der Waals surface area contributed by atoms with Crippen LogP contribution in [0.25, 0.3) is 20.7 Å². The molecule has 0 bridgehead atoms. The summed E-state index contributed by atoms with van der Waals surface area (Å²) in [6.45, 7) is 5.29. The molecule has 1 saturated heterocycles. The number of aromatic nitrogens is 1. The van der Waals surface area contributed by atoms with Crippen LogP contribution in [0.1, 0.15) is 12.0 Å². The number of rotatable bonds is 9. The quantitative estimate of drug-likeness (QED) is 0.183. The van der Waals surface area contributed by atoms with Gasteiger partial charge in [0, 0.05) is 67.3 Å². The van der Waals surface area contributed by atoms with E-state index in [2.05, 4.69) is 56.7 Å². The summed E-state index contributed by atoms with van der Waals surface area (Å²) in [5.41, 5.74) is 3.95. The SMILES string of the molecule is CN1CCN(Cc2ccc(-c3cc4nccc(Oc5ccc(NC(=O)CC(=O)Nc6ccccc6)cc5F)c4s3)cc2)CC1. The third-order valence-electron chi connectivity index (χ3n) is 7.43. The molecule has 224 valence electrons. The molecule has 0 spiro atoms. The molecule has 3 heterocycles. The molecule has 2 aromatic heterocycles. The Bertz CT molecular complexity index is 1770. The van der Waals surface area contributed by atoms with Crippen molar-refractivity contribution in [1.82, 2.24) is 14.8 Å². The predicted octanol–water partition coefficient (Wildman–Crippen LogP) is 6.61. The number of pyridine rings is 1. The van der Waals surface area contributed by atoms with Crippen LogP contribution < -0.4 is 15.4 Å². The number of halogens is 1. The topological polar surface area (TPSA) is 86.8 Å². The Morgan fingerprint density at radius 1 is 0.864 bits per heavy atom. The Morgan fingerprint density at radius 3 is 2.32 bits per heavy atom. The van der Waals surface area contributed by atoms with Crippen LogP contribution in [0, 0.1) is 5.82 Å². The molecule has 6 rings (SSSR count). The first kappa shape index (κ1) is 29.4. The molecular formula is C34H32FN5O3S. The number of para-hydroxylation sites is 1. The van der Waals surface area contributed by atoms with Gasteiger partial charge in [-0.3, -0.25) is 19.5 Å². The van der Waals surface area contributed by atoms with Crippen molar-refractivity contribution in [3.05, 3.63) is 103 Å². The molecule has 3 aromatic carbocycles. The van der Waals surface area contributed by atoms with Gasteiger partial charge in [0.25, 0.3) is 0 Å². The number of nitrogens with one attached hydrogen (secondary N) is 2. The summed E-state index contributed by atoms with van der Waals surface area (Å²) in [5.74, 6) is -1.16. The fourth-order valence-corrected chi connectivity index (χ4v) is 6.10. The van der Waals surface area contributed by atoms with E-state index in [-0.39, 0.29) is 11.4 Å². The molecule has 10 heteroatoms. The summed E-state index contributed by atoms with van der Waals surface area (Å²) in [7, 11) is 2.16. The van der Waals surface area contributed by atoms with Gasteiger partial charge in [0.1, 0.15) is 12.2 Å². The normalized spacial score (nSPS) is 14.0. The van der Waals surface area contributed by atoms with Crippen molar-refractivity contribution in [3.63, 3.8) is 0 Å². The molecule has 0 unspecified atom stereocenters. The van der Waals surface area contributed by atoms with Crippen molar-refractivity contribution >= 4 is 44.7 Å². The maximum absolute atomic E-state index is 15.1. The van der Waals surface area contributed by atoms with E-state index in [4.69, 9.17) is 4.74 Å². The number of anilines is 2. The smallest absolute Gasteiger partial charge is 0.233 e. The number of carbonyl (C=O) groups is 2. The molecule has 1 aliphatic rings. The van der Waals surface area contributed by atoms with Crippen molar-refractivity contribution < 1.29 is 18.7 Å². The molecule has 44 heavy (non-hydrogen) atoms. The number of benzene rings is 3. The molecule has 0 radical (unpaired) electrons. The van der Waals surface area contributed by atoms with Gasteiger partial charge in [-0.25, -0.2) is 4.39 Å². The standard InChI is InChI=1S/C34H32FN5O3S/c1-39-15-17-40(18-16-39)22-23-7-9-24(10-8-23)31-20-28-34(44-31)30(13-14-36-28)43-29-12-11-26(19-27(29)35)38-33(42)21-32(41)37-25-5-3-2-4-6-25/h2-14,19-20H,15-18,21-22H2,1H3,(H,37,41)(H,38,42). The number of fused-ring (bicyclic) bond motifs is 1. The Kier molecular flexibility index (Phi) is 8.92. The maximum atomic E-state index is 15.1. The highest BCUT2D eigenvalue weighted by Gasteiger charge is 2.16. The van der Waals surface area contributed by atoms with Crippen molar-refractivity contribution in [2.45, 2.75) is 13.0 Å².